The van der Waals surface area contributed by atoms with Gasteiger partial charge in [-0.15, -0.1) is 0 Å². The fourth-order valence-electron chi connectivity index (χ4n) is 2.44. The van der Waals surface area contributed by atoms with Gasteiger partial charge in [0, 0.05) is 18.7 Å². The van der Waals surface area contributed by atoms with Crippen LogP contribution in [0, 0.1) is 16.0 Å². The number of halogens is 1. The zero-order valence-electron chi connectivity index (χ0n) is 10.8. The molecule has 1 saturated heterocycles. The summed E-state index contributed by atoms with van der Waals surface area (Å²) in [7, 11) is 0. The van der Waals surface area contributed by atoms with Crippen molar-refractivity contribution in [3.05, 3.63) is 27.4 Å². The van der Waals surface area contributed by atoms with Gasteiger partial charge in [0.15, 0.2) is 0 Å². The van der Waals surface area contributed by atoms with Crippen LogP contribution in [0.1, 0.15) is 19.8 Å². The molecule has 2 rings (SSSR count). The predicted octanol–water partition coefficient (Wildman–Crippen LogP) is 2.33. The number of carbonyl (C=O) groups is 1. The summed E-state index contributed by atoms with van der Waals surface area (Å²) in [5.74, 6) is -0.689. The number of rotatable bonds is 3. The molecule has 1 aromatic rings. The van der Waals surface area contributed by atoms with Gasteiger partial charge in [-0.25, -0.2) is 4.98 Å². The Morgan fingerprint density at radius 3 is 2.85 bits per heavy atom. The Morgan fingerprint density at radius 2 is 2.35 bits per heavy atom. The van der Waals surface area contributed by atoms with Crippen LogP contribution in [0.25, 0.3) is 0 Å². The van der Waals surface area contributed by atoms with E-state index in [-0.39, 0.29) is 22.7 Å². The lowest BCUT2D eigenvalue weighted by molar-refractivity contribution is -0.385. The van der Waals surface area contributed by atoms with Gasteiger partial charge in [0.1, 0.15) is 12.0 Å². The summed E-state index contributed by atoms with van der Waals surface area (Å²) in [5.41, 5.74) is -0.160. The smallest absolute Gasteiger partial charge is 0.306 e. The van der Waals surface area contributed by atoms with Crippen molar-refractivity contribution >= 4 is 29.1 Å². The molecule has 2 atom stereocenters. The number of aromatic nitrogens is 1. The molecule has 7 nitrogen and oxygen atoms in total. The Balaban J connectivity index is 2.20. The van der Waals surface area contributed by atoms with Crippen LogP contribution in [0.2, 0.25) is 5.02 Å². The Morgan fingerprint density at radius 1 is 1.65 bits per heavy atom. The van der Waals surface area contributed by atoms with Crippen molar-refractivity contribution in [2.45, 2.75) is 25.8 Å². The highest BCUT2D eigenvalue weighted by molar-refractivity contribution is 6.33. The molecule has 0 saturated carbocycles. The molecule has 0 bridgehead atoms. The molecule has 2 heterocycles. The number of anilines is 1. The second kappa shape index (κ2) is 5.62. The van der Waals surface area contributed by atoms with E-state index >= 15 is 0 Å². The maximum atomic E-state index is 11.0. The normalized spacial score (nSPS) is 22.6. The monoisotopic (exact) mass is 299 g/mol. The number of pyridine rings is 1. The van der Waals surface area contributed by atoms with Crippen LogP contribution in [-0.4, -0.2) is 33.6 Å². The molecule has 2 unspecified atom stereocenters. The van der Waals surface area contributed by atoms with Crippen LogP contribution < -0.4 is 4.90 Å². The molecule has 0 amide bonds. The van der Waals surface area contributed by atoms with Crippen LogP contribution in [0.4, 0.5) is 11.5 Å². The van der Waals surface area contributed by atoms with E-state index in [1.807, 2.05) is 11.8 Å². The SMILES string of the molecule is CC1CC(C(=O)O)CCN1c1ncc([N+](=O)[O-])cc1Cl. The lowest BCUT2D eigenvalue weighted by Gasteiger charge is -2.37. The first-order valence-electron chi connectivity index (χ1n) is 6.19. The lowest BCUT2D eigenvalue weighted by Crippen LogP contribution is -2.43. The summed E-state index contributed by atoms with van der Waals surface area (Å²) in [5, 5.41) is 19.9. The van der Waals surface area contributed by atoms with Crippen molar-refractivity contribution in [3.63, 3.8) is 0 Å². The fourth-order valence-corrected chi connectivity index (χ4v) is 2.71. The Labute approximate surface area is 120 Å². The van der Waals surface area contributed by atoms with E-state index in [0.29, 0.717) is 25.2 Å². The predicted molar refractivity (Wildman–Crippen MR) is 73.1 cm³/mol. The summed E-state index contributed by atoms with van der Waals surface area (Å²) in [6.07, 6.45) is 2.18. The second-order valence-corrected chi connectivity index (χ2v) is 5.27. The lowest BCUT2D eigenvalue weighted by atomic mass is 9.92. The molecule has 1 aliphatic rings. The highest BCUT2D eigenvalue weighted by atomic mass is 35.5. The van der Waals surface area contributed by atoms with E-state index in [4.69, 9.17) is 16.7 Å². The summed E-state index contributed by atoms with van der Waals surface area (Å²) in [6.45, 7) is 2.41. The summed E-state index contributed by atoms with van der Waals surface area (Å²) in [6, 6.07) is 1.23. The quantitative estimate of drug-likeness (QED) is 0.679. The van der Waals surface area contributed by atoms with Gasteiger partial charge >= 0.3 is 5.97 Å². The summed E-state index contributed by atoms with van der Waals surface area (Å²) >= 11 is 6.05. The molecule has 0 spiro atoms. The Bertz CT molecular complexity index is 552. The van der Waals surface area contributed by atoms with Gasteiger partial charge in [0.05, 0.1) is 15.9 Å². The number of nitrogens with zero attached hydrogens (tertiary/aromatic N) is 3. The van der Waals surface area contributed by atoms with E-state index in [2.05, 4.69) is 4.98 Å². The third kappa shape index (κ3) is 2.82. The molecule has 108 valence electrons. The fraction of sp³-hybridized carbons (Fsp3) is 0.500. The van der Waals surface area contributed by atoms with Crippen LogP contribution >= 0.6 is 11.6 Å². The maximum Gasteiger partial charge on any atom is 0.306 e. The molecule has 0 aliphatic carbocycles. The first kappa shape index (κ1) is 14.5. The number of nitro groups is 1. The van der Waals surface area contributed by atoms with Gasteiger partial charge in [-0.05, 0) is 19.8 Å². The third-order valence-electron chi connectivity index (χ3n) is 3.52. The summed E-state index contributed by atoms with van der Waals surface area (Å²) < 4.78 is 0. The van der Waals surface area contributed by atoms with Crippen molar-refractivity contribution in [2.24, 2.45) is 5.92 Å². The van der Waals surface area contributed by atoms with Crippen LogP contribution in [0.15, 0.2) is 12.3 Å². The molecule has 1 fully saturated rings. The largest absolute Gasteiger partial charge is 0.481 e. The molecule has 20 heavy (non-hydrogen) atoms. The van der Waals surface area contributed by atoms with E-state index in [1.165, 1.54) is 6.07 Å². The van der Waals surface area contributed by atoms with Crippen LogP contribution in [0.5, 0.6) is 0 Å². The van der Waals surface area contributed by atoms with E-state index in [1.54, 1.807) is 0 Å². The number of hydrogen-bond acceptors (Lipinski definition) is 5. The summed E-state index contributed by atoms with van der Waals surface area (Å²) in [4.78, 5) is 27.0. The minimum absolute atomic E-state index is 0.0312. The zero-order valence-corrected chi connectivity index (χ0v) is 11.6. The molecule has 0 radical (unpaired) electrons. The first-order valence-corrected chi connectivity index (χ1v) is 6.57. The topological polar surface area (TPSA) is 96.6 Å². The molecule has 0 aromatic carbocycles. The van der Waals surface area contributed by atoms with Gasteiger partial charge in [0.2, 0.25) is 0 Å². The van der Waals surface area contributed by atoms with Crippen molar-refractivity contribution in [1.29, 1.82) is 0 Å². The number of hydrogen-bond donors (Lipinski definition) is 1. The molecule has 1 N–H and O–H groups in total. The maximum absolute atomic E-state index is 11.0. The number of aliphatic carboxylic acids is 1. The molecule has 8 heteroatoms. The first-order chi connectivity index (χ1) is 9.40. The number of piperidine rings is 1. The highest BCUT2D eigenvalue weighted by Gasteiger charge is 2.31. The van der Waals surface area contributed by atoms with Crippen molar-refractivity contribution in [2.75, 3.05) is 11.4 Å². The average molecular weight is 300 g/mol. The minimum atomic E-state index is -0.792. The van der Waals surface area contributed by atoms with E-state index in [9.17, 15) is 14.9 Å². The van der Waals surface area contributed by atoms with E-state index in [0.717, 1.165) is 6.20 Å². The molecule has 1 aromatic heterocycles. The standard InChI is InChI=1S/C12H14ClN3O4/c1-7-4-8(12(17)18)2-3-15(7)11-10(13)5-9(6-14-11)16(19)20/h5-8H,2-4H2,1H3,(H,17,18). The molecular formula is C12H14ClN3O4. The van der Waals surface area contributed by atoms with E-state index < -0.39 is 10.9 Å². The number of carboxylic acids is 1. The van der Waals surface area contributed by atoms with Crippen molar-refractivity contribution < 1.29 is 14.8 Å². The third-order valence-corrected chi connectivity index (χ3v) is 3.79. The van der Waals surface area contributed by atoms with Gasteiger partial charge in [-0.2, -0.15) is 0 Å². The molecule has 1 aliphatic heterocycles. The van der Waals surface area contributed by atoms with Gasteiger partial charge in [0.25, 0.3) is 5.69 Å². The average Bonchev–Trinajstić information content (AvgIpc) is 2.38. The van der Waals surface area contributed by atoms with Gasteiger partial charge < -0.3 is 10.0 Å². The Kier molecular flexibility index (Phi) is 4.08. The Hall–Kier alpha value is -1.89. The van der Waals surface area contributed by atoms with Gasteiger partial charge in [-0.3, -0.25) is 14.9 Å². The zero-order chi connectivity index (χ0) is 14.9. The second-order valence-electron chi connectivity index (χ2n) is 4.86. The van der Waals surface area contributed by atoms with Crippen LogP contribution in [-0.2, 0) is 4.79 Å². The highest BCUT2D eigenvalue weighted by Crippen LogP contribution is 2.33. The van der Waals surface area contributed by atoms with Crippen LogP contribution in [0.3, 0.4) is 0 Å². The van der Waals surface area contributed by atoms with Crippen molar-refractivity contribution in [1.82, 2.24) is 4.98 Å². The minimum Gasteiger partial charge on any atom is -0.481 e. The molecular weight excluding hydrogens is 286 g/mol. The number of carboxylic acid groups (broad SMARTS) is 1. The van der Waals surface area contributed by atoms with Crippen molar-refractivity contribution in [3.8, 4) is 0 Å². The van der Waals surface area contributed by atoms with Gasteiger partial charge in [-0.1, -0.05) is 11.6 Å².